The van der Waals surface area contributed by atoms with Crippen molar-refractivity contribution in [2.24, 2.45) is 0 Å². The summed E-state index contributed by atoms with van der Waals surface area (Å²) in [4.78, 5) is 15.8. The predicted octanol–water partition coefficient (Wildman–Crippen LogP) is 2.20. The second-order valence-corrected chi connectivity index (χ2v) is 5.72. The van der Waals surface area contributed by atoms with Gasteiger partial charge in [0.25, 0.3) is 0 Å². The highest BCUT2D eigenvalue weighted by molar-refractivity contribution is 5.95. The molecule has 0 radical (unpaired) electrons. The molecule has 1 unspecified atom stereocenters. The van der Waals surface area contributed by atoms with E-state index in [0.717, 1.165) is 19.4 Å². The SMILES string of the molecule is Nc1nc(-c2ccccc2O)cc(C2CCCNC2)c1C(=O)O. The number of carboxylic acids is 1. The van der Waals surface area contributed by atoms with Crippen molar-refractivity contribution in [3.8, 4) is 17.0 Å². The monoisotopic (exact) mass is 313 g/mol. The Kier molecular flexibility index (Phi) is 4.16. The van der Waals surface area contributed by atoms with E-state index >= 15 is 0 Å². The first-order valence-electron chi connectivity index (χ1n) is 7.60. The van der Waals surface area contributed by atoms with Crippen LogP contribution in [0.2, 0.25) is 0 Å². The fourth-order valence-corrected chi connectivity index (χ4v) is 3.09. The van der Waals surface area contributed by atoms with Crippen LogP contribution in [0.25, 0.3) is 11.3 Å². The van der Waals surface area contributed by atoms with Crippen LogP contribution in [-0.4, -0.2) is 34.3 Å². The minimum atomic E-state index is -1.07. The Morgan fingerprint density at radius 2 is 2.13 bits per heavy atom. The van der Waals surface area contributed by atoms with Crippen molar-refractivity contribution in [2.45, 2.75) is 18.8 Å². The maximum absolute atomic E-state index is 11.6. The Morgan fingerprint density at radius 1 is 1.35 bits per heavy atom. The predicted molar refractivity (Wildman–Crippen MR) is 87.6 cm³/mol. The maximum atomic E-state index is 11.6. The fraction of sp³-hybridized carbons (Fsp3) is 0.294. The molecule has 0 saturated carbocycles. The minimum Gasteiger partial charge on any atom is -0.507 e. The number of piperidine rings is 1. The first kappa shape index (κ1) is 15.3. The largest absolute Gasteiger partial charge is 0.507 e. The van der Waals surface area contributed by atoms with E-state index in [2.05, 4.69) is 10.3 Å². The van der Waals surface area contributed by atoms with Crippen LogP contribution < -0.4 is 11.1 Å². The molecule has 0 amide bonds. The highest BCUT2D eigenvalue weighted by Gasteiger charge is 2.25. The summed E-state index contributed by atoms with van der Waals surface area (Å²) in [5.74, 6) is -0.918. The number of benzene rings is 1. The maximum Gasteiger partial charge on any atom is 0.339 e. The van der Waals surface area contributed by atoms with Crippen LogP contribution in [-0.2, 0) is 0 Å². The number of aromatic hydroxyl groups is 1. The number of nitrogen functional groups attached to an aromatic ring is 1. The normalized spacial score (nSPS) is 17.8. The molecule has 5 N–H and O–H groups in total. The van der Waals surface area contributed by atoms with Gasteiger partial charge < -0.3 is 21.3 Å². The van der Waals surface area contributed by atoms with Gasteiger partial charge in [-0.15, -0.1) is 0 Å². The number of aromatic carboxylic acids is 1. The summed E-state index contributed by atoms with van der Waals surface area (Å²) in [5, 5.41) is 22.8. The van der Waals surface area contributed by atoms with Crippen LogP contribution in [0, 0.1) is 0 Å². The quantitative estimate of drug-likeness (QED) is 0.692. The molecule has 1 fully saturated rings. The van der Waals surface area contributed by atoms with Gasteiger partial charge in [-0.1, -0.05) is 12.1 Å². The van der Waals surface area contributed by atoms with Crippen molar-refractivity contribution in [3.63, 3.8) is 0 Å². The number of phenols is 1. The molecule has 2 heterocycles. The number of nitrogens with one attached hydrogen (secondary N) is 1. The van der Waals surface area contributed by atoms with Crippen LogP contribution in [0.3, 0.4) is 0 Å². The average molecular weight is 313 g/mol. The van der Waals surface area contributed by atoms with E-state index in [0.29, 0.717) is 23.4 Å². The van der Waals surface area contributed by atoms with Gasteiger partial charge in [-0.2, -0.15) is 0 Å². The molecule has 23 heavy (non-hydrogen) atoms. The lowest BCUT2D eigenvalue weighted by Gasteiger charge is -2.25. The van der Waals surface area contributed by atoms with Gasteiger partial charge in [-0.05, 0) is 49.1 Å². The molecule has 0 bridgehead atoms. The lowest BCUT2D eigenvalue weighted by atomic mass is 9.87. The molecule has 1 aromatic heterocycles. The summed E-state index contributed by atoms with van der Waals surface area (Å²) in [5.41, 5.74) is 7.70. The molecule has 1 saturated heterocycles. The molecule has 1 aliphatic rings. The van der Waals surface area contributed by atoms with Crippen molar-refractivity contribution >= 4 is 11.8 Å². The summed E-state index contributed by atoms with van der Waals surface area (Å²) in [7, 11) is 0. The summed E-state index contributed by atoms with van der Waals surface area (Å²) in [6.07, 6.45) is 1.88. The fourth-order valence-electron chi connectivity index (χ4n) is 3.09. The number of para-hydroxylation sites is 1. The summed E-state index contributed by atoms with van der Waals surface area (Å²) < 4.78 is 0. The van der Waals surface area contributed by atoms with E-state index in [9.17, 15) is 15.0 Å². The zero-order chi connectivity index (χ0) is 16.4. The Balaban J connectivity index is 2.15. The molecule has 1 atom stereocenters. The first-order chi connectivity index (χ1) is 11.1. The zero-order valence-corrected chi connectivity index (χ0v) is 12.6. The van der Waals surface area contributed by atoms with E-state index in [4.69, 9.17) is 5.73 Å². The lowest BCUT2D eigenvalue weighted by molar-refractivity contribution is 0.0695. The van der Waals surface area contributed by atoms with E-state index in [-0.39, 0.29) is 23.0 Å². The second-order valence-electron chi connectivity index (χ2n) is 5.72. The number of hydrogen-bond acceptors (Lipinski definition) is 5. The molecular weight excluding hydrogens is 294 g/mol. The number of nitrogens with two attached hydrogens (primary N) is 1. The molecule has 6 heteroatoms. The van der Waals surface area contributed by atoms with E-state index in [1.807, 2.05) is 0 Å². The van der Waals surface area contributed by atoms with E-state index < -0.39 is 5.97 Å². The number of hydrogen-bond donors (Lipinski definition) is 4. The van der Waals surface area contributed by atoms with Gasteiger partial charge in [0.05, 0.1) is 5.69 Å². The van der Waals surface area contributed by atoms with Crippen molar-refractivity contribution in [1.82, 2.24) is 10.3 Å². The average Bonchev–Trinajstić information content (AvgIpc) is 2.55. The van der Waals surface area contributed by atoms with Gasteiger partial charge >= 0.3 is 5.97 Å². The van der Waals surface area contributed by atoms with Crippen molar-refractivity contribution in [1.29, 1.82) is 0 Å². The van der Waals surface area contributed by atoms with Crippen LogP contribution in [0.4, 0.5) is 5.82 Å². The third-order valence-corrected chi connectivity index (χ3v) is 4.21. The zero-order valence-electron chi connectivity index (χ0n) is 12.6. The van der Waals surface area contributed by atoms with Gasteiger partial charge in [-0.25, -0.2) is 9.78 Å². The number of phenolic OH excluding ortho intramolecular Hbond substituents is 1. The van der Waals surface area contributed by atoms with Gasteiger partial charge in [-0.3, -0.25) is 0 Å². The Bertz CT molecular complexity index is 740. The second kappa shape index (κ2) is 6.26. The minimum absolute atomic E-state index is 0.0150. The van der Waals surface area contributed by atoms with E-state index in [1.165, 1.54) is 0 Å². The number of carbonyl (C=O) groups is 1. The van der Waals surface area contributed by atoms with Crippen molar-refractivity contribution in [3.05, 3.63) is 41.5 Å². The molecule has 1 aliphatic heterocycles. The highest BCUT2D eigenvalue weighted by atomic mass is 16.4. The van der Waals surface area contributed by atoms with Crippen LogP contribution >= 0.6 is 0 Å². The number of anilines is 1. The van der Waals surface area contributed by atoms with Crippen molar-refractivity contribution in [2.75, 3.05) is 18.8 Å². The molecule has 120 valence electrons. The summed E-state index contributed by atoms with van der Waals surface area (Å²) in [6, 6.07) is 8.56. The standard InChI is InChI=1S/C17H19N3O3/c18-16-15(17(22)23)12(10-4-3-7-19-9-10)8-13(20-16)11-5-1-2-6-14(11)21/h1-2,5-6,8,10,19,21H,3-4,7,9H2,(H2,18,20)(H,22,23). The van der Waals surface area contributed by atoms with Gasteiger partial charge in [0, 0.05) is 12.1 Å². The first-order valence-corrected chi connectivity index (χ1v) is 7.60. The highest BCUT2D eigenvalue weighted by Crippen LogP contribution is 2.34. The van der Waals surface area contributed by atoms with Gasteiger partial charge in [0.2, 0.25) is 0 Å². The molecule has 6 nitrogen and oxygen atoms in total. The summed E-state index contributed by atoms with van der Waals surface area (Å²) in [6.45, 7) is 1.65. The Morgan fingerprint density at radius 3 is 2.78 bits per heavy atom. The molecule has 1 aromatic carbocycles. The number of pyridine rings is 1. The molecule has 0 aliphatic carbocycles. The van der Waals surface area contributed by atoms with Gasteiger partial charge in [0.1, 0.15) is 17.1 Å². The van der Waals surface area contributed by atoms with Crippen LogP contribution in [0.1, 0.15) is 34.7 Å². The third-order valence-electron chi connectivity index (χ3n) is 4.21. The van der Waals surface area contributed by atoms with Crippen LogP contribution in [0.5, 0.6) is 5.75 Å². The van der Waals surface area contributed by atoms with Gasteiger partial charge in [0.15, 0.2) is 0 Å². The number of aromatic nitrogens is 1. The molecule has 0 spiro atoms. The van der Waals surface area contributed by atoms with Crippen LogP contribution in [0.15, 0.2) is 30.3 Å². The number of carboxylic acid groups (broad SMARTS) is 1. The third kappa shape index (κ3) is 2.98. The van der Waals surface area contributed by atoms with Crippen molar-refractivity contribution < 1.29 is 15.0 Å². The molecule has 2 aromatic rings. The number of rotatable bonds is 3. The molecular formula is C17H19N3O3. The Labute approximate surface area is 134 Å². The number of nitrogens with zero attached hydrogens (tertiary/aromatic N) is 1. The lowest BCUT2D eigenvalue weighted by Crippen LogP contribution is -2.29. The smallest absolute Gasteiger partial charge is 0.339 e. The topological polar surface area (TPSA) is 108 Å². The Hall–Kier alpha value is -2.60. The molecule has 3 rings (SSSR count). The van der Waals surface area contributed by atoms with E-state index in [1.54, 1.807) is 30.3 Å². The summed E-state index contributed by atoms with van der Waals surface area (Å²) >= 11 is 0.